The number of alkyl halides is 3. The van der Waals surface area contributed by atoms with E-state index in [0.29, 0.717) is 13.2 Å². The number of benzene rings is 1. The summed E-state index contributed by atoms with van der Waals surface area (Å²) in [7, 11) is -4.11. The number of carbonyl (C=O) groups is 1. The molecule has 31 heavy (non-hydrogen) atoms. The van der Waals surface area contributed by atoms with Crippen LogP contribution in [0.15, 0.2) is 41.7 Å². The van der Waals surface area contributed by atoms with Crippen molar-refractivity contribution in [2.75, 3.05) is 24.8 Å². The van der Waals surface area contributed by atoms with Gasteiger partial charge in [-0.15, -0.1) is 0 Å². The predicted molar refractivity (Wildman–Crippen MR) is 106 cm³/mol. The van der Waals surface area contributed by atoms with Crippen LogP contribution in [0, 0.1) is 5.92 Å². The van der Waals surface area contributed by atoms with E-state index in [9.17, 15) is 26.4 Å². The van der Waals surface area contributed by atoms with Gasteiger partial charge in [-0.1, -0.05) is 6.07 Å². The first-order valence-corrected chi connectivity index (χ1v) is 11.5. The average molecular weight is 457 g/mol. The maximum atomic E-state index is 13.6. The summed E-state index contributed by atoms with van der Waals surface area (Å²) in [5.74, 6) is -1.36. The van der Waals surface area contributed by atoms with E-state index in [2.05, 4.69) is 15.3 Å². The first-order valence-electron chi connectivity index (χ1n) is 9.61. The van der Waals surface area contributed by atoms with E-state index in [0.717, 1.165) is 31.2 Å². The molecule has 1 amide bonds. The van der Waals surface area contributed by atoms with Gasteiger partial charge in [0, 0.05) is 31.9 Å². The third-order valence-corrected chi connectivity index (χ3v) is 6.22. The Balaban J connectivity index is 2.00. The van der Waals surface area contributed by atoms with Crippen molar-refractivity contribution in [3.05, 3.63) is 47.9 Å². The Morgan fingerprint density at radius 1 is 1.32 bits per heavy atom. The minimum atomic E-state index is -4.89. The Kier molecular flexibility index (Phi) is 6.95. The van der Waals surface area contributed by atoms with E-state index in [-0.39, 0.29) is 23.7 Å². The van der Waals surface area contributed by atoms with Crippen LogP contribution >= 0.6 is 0 Å². The number of carbonyl (C=O) groups excluding carboxylic acids is 1. The highest BCUT2D eigenvalue weighted by molar-refractivity contribution is 7.90. The number of halogens is 3. The van der Waals surface area contributed by atoms with Gasteiger partial charge in [0.2, 0.25) is 5.91 Å². The molecule has 0 aliphatic carbocycles. The number of ether oxygens (including phenoxy) is 1. The zero-order chi connectivity index (χ0) is 22.6. The summed E-state index contributed by atoms with van der Waals surface area (Å²) in [4.78, 5) is 20.0. The Bertz CT molecular complexity index is 1020. The zero-order valence-electron chi connectivity index (χ0n) is 16.7. The summed E-state index contributed by atoms with van der Waals surface area (Å²) >= 11 is 0. The van der Waals surface area contributed by atoms with Crippen LogP contribution in [0.5, 0.6) is 0 Å². The molecule has 3 rings (SSSR count). The molecular formula is C20H22F3N3O4S. The van der Waals surface area contributed by atoms with Crippen molar-refractivity contribution in [1.29, 1.82) is 0 Å². The normalized spacial score (nSPS) is 18.4. The van der Waals surface area contributed by atoms with Gasteiger partial charge in [0.1, 0.15) is 0 Å². The summed E-state index contributed by atoms with van der Waals surface area (Å²) in [5, 5.41) is 2.58. The largest absolute Gasteiger partial charge is 0.417 e. The highest BCUT2D eigenvalue weighted by atomic mass is 32.2. The van der Waals surface area contributed by atoms with Gasteiger partial charge >= 0.3 is 6.18 Å². The van der Waals surface area contributed by atoms with Gasteiger partial charge in [0.05, 0.1) is 22.6 Å². The fourth-order valence-electron chi connectivity index (χ4n) is 3.61. The molecule has 1 N–H and O–H groups in total. The number of nitrogens with zero attached hydrogens (tertiary/aromatic N) is 2. The summed E-state index contributed by atoms with van der Waals surface area (Å²) in [6.07, 6.45) is 1.78. The third kappa shape index (κ3) is 6.01. The Labute approximate surface area is 178 Å². The third-order valence-electron chi connectivity index (χ3n) is 5.07. The van der Waals surface area contributed by atoms with E-state index in [1.165, 1.54) is 24.7 Å². The van der Waals surface area contributed by atoms with Crippen LogP contribution in [0.2, 0.25) is 0 Å². The molecule has 1 aliphatic heterocycles. The molecule has 2 heterocycles. The van der Waals surface area contributed by atoms with Gasteiger partial charge in [-0.05, 0) is 42.9 Å². The second kappa shape index (κ2) is 9.31. The fraction of sp³-hybridized carbons (Fsp3) is 0.450. The maximum Gasteiger partial charge on any atom is 0.417 e. The van der Waals surface area contributed by atoms with Gasteiger partial charge in [-0.25, -0.2) is 13.4 Å². The number of anilines is 1. The summed E-state index contributed by atoms with van der Waals surface area (Å²) in [6, 6.07) is 2.92. The summed E-state index contributed by atoms with van der Waals surface area (Å²) in [6.45, 7) is 1.01. The Morgan fingerprint density at radius 2 is 2.10 bits per heavy atom. The van der Waals surface area contributed by atoms with Gasteiger partial charge in [0.15, 0.2) is 15.7 Å². The molecule has 0 bridgehead atoms. The van der Waals surface area contributed by atoms with Gasteiger partial charge < -0.3 is 10.1 Å². The second-order valence-electron chi connectivity index (χ2n) is 7.48. The van der Waals surface area contributed by atoms with Crippen molar-refractivity contribution in [3.63, 3.8) is 0 Å². The molecule has 2 aromatic rings. The summed E-state index contributed by atoms with van der Waals surface area (Å²) in [5.41, 5.74) is -1.21. The van der Waals surface area contributed by atoms with Crippen LogP contribution in [-0.4, -0.2) is 43.8 Å². The number of nitrogens with one attached hydrogen (secondary N) is 1. The van der Waals surface area contributed by atoms with E-state index >= 15 is 0 Å². The first-order chi connectivity index (χ1) is 14.6. The zero-order valence-corrected chi connectivity index (χ0v) is 17.5. The smallest absolute Gasteiger partial charge is 0.381 e. The molecule has 1 fully saturated rings. The molecule has 1 aliphatic rings. The minimum Gasteiger partial charge on any atom is -0.381 e. The van der Waals surface area contributed by atoms with Crippen LogP contribution in [0.1, 0.15) is 36.3 Å². The van der Waals surface area contributed by atoms with E-state index < -0.39 is 38.3 Å². The predicted octanol–water partition coefficient (Wildman–Crippen LogP) is 3.44. The van der Waals surface area contributed by atoms with Crippen molar-refractivity contribution < 1.29 is 31.1 Å². The number of rotatable bonds is 6. The maximum absolute atomic E-state index is 13.6. The highest BCUT2D eigenvalue weighted by Crippen LogP contribution is 2.38. The molecular weight excluding hydrogens is 435 g/mol. The number of hydrogen-bond acceptors (Lipinski definition) is 6. The van der Waals surface area contributed by atoms with Crippen LogP contribution < -0.4 is 5.32 Å². The number of hydrogen-bond donors (Lipinski definition) is 1. The van der Waals surface area contributed by atoms with Crippen molar-refractivity contribution in [2.24, 2.45) is 5.92 Å². The topological polar surface area (TPSA) is 98.2 Å². The van der Waals surface area contributed by atoms with Crippen molar-refractivity contribution in [2.45, 2.75) is 36.3 Å². The van der Waals surface area contributed by atoms with Crippen molar-refractivity contribution in [3.8, 4) is 0 Å². The second-order valence-corrected chi connectivity index (χ2v) is 9.46. The van der Waals surface area contributed by atoms with Crippen LogP contribution in [-0.2, 0) is 25.5 Å². The molecule has 0 radical (unpaired) electrons. The molecule has 1 saturated heterocycles. The SMILES string of the molecule is CS(=O)(=O)c1ccc(C(CC2CCCOC2)C(=O)Nc2cnccn2)cc1C(F)(F)F. The van der Waals surface area contributed by atoms with Gasteiger partial charge in [-0.3, -0.25) is 9.78 Å². The van der Waals surface area contributed by atoms with Crippen LogP contribution in [0.25, 0.3) is 0 Å². The molecule has 7 nitrogen and oxygen atoms in total. The van der Waals surface area contributed by atoms with E-state index in [1.54, 1.807) is 0 Å². The lowest BCUT2D eigenvalue weighted by Crippen LogP contribution is -2.27. The van der Waals surface area contributed by atoms with Gasteiger partial charge in [-0.2, -0.15) is 13.2 Å². The van der Waals surface area contributed by atoms with Crippen LogP contribution in [0.3, 0.4) is 0 Å². The molecule has 11 heteroatoms. The molecule has 2 unspecified atom stereocenters. The molecule has 0 saturated carbocycles. The molecule has 0 spiro atoms. The molecule has 2 atom stereocenters. The lowest BCUT2D eigenvalue weighted by molar-refractivity contribution is -0.140. The Hall–Kier alpha value is -2.53. The van der Waals surface area contributed by atoms with E-state index in [4.69, 9.17) is 4.74 Å². The van der Waals surface area contributed by atoms with Gasteiger partial charge in [0.25, 0.3) is 0 Å². The van der Waals surface area contributed by atoms with Crippen molar-refractivity contribution >= 4 is 21.6 Å². The lowest BCUT2D eigenvalue weighted by Gasteiger charge is -2.27. The molecule has 168 valence electrons. The Morgan fingerprint density at radius 3 is 2.68 bits per heavy atom. The molecule has 1 aromatic carbocycles. The van der Waals surface area contributed by atoms with Crippen molar-refractivity contribution in [1.82, 2.24) is 9.97 Å². The van der Waals surface area contributed by atoms with Crippen LogP contribution in [0.4, 0.5) is 19.0 Å². The fourth-order valence-corrected chi connectivity index (χ4v) is 4.50. The average Bonchev–Trinajstić information content (AvgIpc) is 2.72. The number of aromatic nitrogens is 2. The first kappa shape index (κ1) is 23.1. The molecule has 1 aromatic heterocycles. The number of amides is 1. The lowest BCUT2D eigenvalue weighted by atomic mass is 9.85. The van der Waals surface area contributed by atoms with E-state index in [1.807, 2.05) is 0 Å². The number of sulfone groups is 1. The monoisotopic (exact) mass is 457 g/mol. The quantitative estimate of drug-likeness (QED) is 0.714. The highest BCUT2D eigenvalue weighted by Gasteiger charge is 2.38. The minimum absolute atomic E-state index is 0.0183. The standard InChI is InChI=1S/C20H22F3N3O4S/c1-31(28,29)17-5-4-14(10-16(17)20(21,22)23)15(9-13-3-2-8-30-12-13)19(27)26-18-11-24-6-7-25-18/h4-7,10-11,13,15H,2-3,8-9,12H2,1H3,(H,25,26,27). The summed E-state index contributed by atoms with van der Waals surface area (Å²) < 4.78 is 70.0.